The molecule has 0 spiro atoms. The molecule has 2 rings (SSSR count). The van der Waals surface area contributed by atoms with Crippen molar-refractivity contribution in [2.24, 2.45) is 0 Å². The maximum atomic E-state index is 5.40. The monoisotopic (exact) mass is 261 g/mol. The maximum absolute atomic E-state index is 5.40. The smallest absolute Gasteiger partial charge is 0.125 e. The largest absolute Gasteiger partial charge is 0.469 e. The predicted molar refractivity (Wildman–Crippen MR) is 76.0 cm³/mol. The molecule has 0 aliphatic rings. The second-order valence-electron chi connectivity index (χ2n) is 4.71. The number of hydrogen-bond acceptors (Lipinski definition) is 3. The van der Waals surface area contributed by atoms with Crippen LogP contribution in [0.15, 0.2) is 35.2 Å². The van der Waals surface area contributed by atoms with Crippen molar-refractivity contribution in [3.05, 3.63) is 42.4 Å². The molecule has 4 heteroatoms. The van der Waals surface area contributed by atoms with Crippen LogP contribution in [-0.4, -0.2) is 16.1 Å². The fourth-order valence-electron chi connectivity index (χ4n) is 2.37. The normalized spacial score (nSPS) is 12.7. The SMILES string of the molecule is CCCn1ccnc1C(CCc1ccco1)NCC. The third kappa shape index (κ3) is 3.70. The third-order valence-electron chi connectivity index (χ3n) is 3.23. The molecule has 0 aliphatic carbocycles. The van der Waals surface area contributed by atoms with E-state index >= 15 is 0 Å². The van der Waals surface area contributed by atoms with Gasteiger partial charge >= 0.3 is 0 Å². The number of hydrogen-bond donors (Lipinski definition) is 1. The van der Waals surface area contributed by atoms with Crippen molar-refractivity contribution in [2.75, 3.05) is 6.54 Å². The Kier molecular flexibility index (Phi) is 5.21. The first-order valence-electron chi connectivity index (χ1n) is 7.12. The summed E-state index contributed by atoms with van der Waals surface area (Å²) in [4.78, 5) is 4.52. The van der Waals surface area contributed by atoms with E-state index in [1.54, 1.807) is 6.26 Å². The summed E-state index contributed by atoms with van der Waals surface area (Å²) in [7, 11) is 0. The molecule has 2 aromatic heterocycles. The Bertz CT molecular complexity index is 461. The lowest BCUT2D eigenvalue weighted by Crippen LogP contribution is -2.25. The Morgan fingerprint density at radius 1 is 1.42 bits per heavy atom. The quantitative estimate of drug-likeness (QED) is 0.793. The Hall–Kier alpha value is -1.55. The van der Waals surface area contributed by atoms with E-state index in [0.29, 0.717) is 0 Å². The first-order valence-corrected chi connectivity index (χ1v) is 7.12. The van der Waals surface area contributed by atoms with Crippen molar-refractivity contribution in [2.45, 2.75) is 45.7 Å². The van der Waals surface area contributed by atoms with Gasteiger partial charge in [0, 0.05) is 25.4 Å². The zero-order valence-electron chi connectivity index (χ0n) is 11.8. The Morgan fingerprint density at radius 2 is 2.32 bits per heavy atom. The molecule has 0 fully saturated rings. The fourth-order valence-corrected chi connectivity index (χ4v) is 2.37. The highest BCUT2D eigenvalue weighted by atomic mass is 16.3. The molecule has 1 atom stereocenters. The van der Waals surface area contributed by atoms with Crippen molar-refractivity contribution in [3.63, 3.8) is 0 Å². The van der Waals surface area contributed by atoms with Gasteiger partial charge in [-0.2, -0.15) is 0 Å². The second-order valence-corrected chi connectivity index (χ2v) is 4.71. The van der Waals surface area contributed by atoms with Crippen LogP contribution in [0.3, 0.4) is 0 Å². The summed E-state index contributed by atoms with van der Waals surface area (Å²) in [6, 6.07) is 4.26. The summed E-state index contributed by atoms with van der Waals surface area (Å²) in [5, 5.41) is 3.52. The van der Waals surface area contributed by atoms with E-state index in [1.165, 1.54) is 0 Å². The number of furan rings is 1. The molecule has 0 bridgehead atoms. The maximum Gasteiger partial charge on any atom is 0.125 e. The van der Waals surface area contributed by atoms with Crippen LogP contribution in [-0.2, 0) is 13.0 Å². The van der Waals surface area contributed by atoms with Crippen LogP contribution in [0, 0.1) is 0 Å². The van der Waals surface area contributed by atoms with Crippen molar-refractivity contribution in [1.82, 2.24) is 14.9 Å². The molecule has 0 radical (unpaired) electrons. The topological polar surface area (TPSA) is 43.0 Å². The lowest BCUT2D eigenvalue weighted by atomic mass is 10.1. The Morgan fingerprint density at radius 3 is 3.00 bits per heavy atom. The van der Waals surface area contributed by atoms with Gasteiger partial charge in [-0.05, 0) is 31.5 Å². The number of imidazole rings is 1. The molecule has 2 aromatic rings. The lowest BCUT2D eigenvalue weighted by molar-refractivity contribution is 0.433. The molecule has 0 saturated carbocycles. The first kappa shape index (κ1) is 13.9. The Labute approximate surface area is 114 Å². The minimum Gasteiger partial charge on any atom is -0.469 e. The van der Waals surface area contributed by atoms with Crippen molar-refractivity contribution in [3.8, 4) is 0 Å². The van der Waals surface area contributed by atoms with Gasteiger partial charge in [0.25, 0.3) is 0 Å². The van der Waals surface area contributed by atoms with E-state index in [0.717, 1.165) is 43.9 Å². The molecule has 1 N–H and O–H groups in total. The van der Waals surface area contributed by atoms with E-state index in [4.69, 9.17) is 4.42 Å². The molecular weight excluding hydrogens is 238 g/mol. The average Bonchev–Trinajstić information content (AvgIpc) is 3.06. The van der Waals surface area contributed by atoms with Crippen molar-refractivity contribution >= 4 is 0 Å². The van der Waals surface area contributed by atoms with E-state index in [-0.39, 0.29) is 6.04 Å². The summed E-state index contributed by atoms with van der Waals surface area (Å²) in [5.41, 5.74) is 0. The molecule has 104 valence electrons. The lowest BCUT2D eigenvalue weighted by Gasteiger charge is -2.18. The molecule has 1 unspecified atom stereocenters. The van der Waals surface area contributed by atoms with Crippen molar-refractivity contribution < 1.29 is 4.42 Å². The summed E-state index contributed by atoms with van der Waals surface area (Å²) in [6.45, 7) is 6.29. The van der Waals surface area contributed by atoms with Crippen LogP contribution in [0.1, 0.15) is 44.3 Å². The van der Waals surface area contributed by atoms with Crippen LogP contribution in [0.25, 0.3) is 0 Å². The minimum absolute atomic E-state index is 0.289. The second kappa shape index (κ2) is 7.14. The molecule has 0 aliphatic heterocycles. The number of nitrogens with zero attached hydrogens (tertiary/aromatic N) is 2. The van der Waals surface area contributed by atoms with Gasteiger partial charge in [-0.3, -0.25) is 0 Å². The summed E-state index contributed by atoms with van der Waals surface area (Å²) in [5.74, 6) is 2.17. The molecule has 19 heavy (non-hydrogen) atoms. The summed E-state index contributed by atoms with van der Waals surface area (Å²) >= 11 is 0. The van der Waals surface area contributed by atoms with Gasteiger partial charge in [-0.25, -0.2) is 4.98 Å². The van der Waals surface area contributed by atoms with Gasteiger partial charge in [0.05, 0.1) is 12.3 Å². The third-order valence-corrected chi connectivity index (χ3v) is 3.23. The number of aromatic nitrogens is 2. The molecule has 4 nitrogen and oxygen atoms in total. The highest BCUT2D eigenvalue weighted by Gasteiger charge is 2.16. The zero-order chi connectivity index (χ0) is 13.5. The van der Waals surface area contributed by atoms with Gasteiger partial charge in [0.2, 0.25) is 0 Å². The highest BCUT2D eigenvalue weighted by molar-refractivity contribution is 5.03. The van der Waals surface area contributed by atoms with Crippen LogP contribution in [0.4, 0.5) is 0 Å². The zero-order valence-corrected chi connectivity index (χ0v) is 11.8. The first-order chi connectivity index (χ1) is 9.35. The van der Waals surface area contributed by atoms with Gasteiger partial charge in [0.1, 0.15) is 11.6 Å². The number of rotatable bonds is 8. The van der Waals surface area contributed by atoms with Gasteiger partial charge in [-0.15, -0.1) is 0 Å². The average molecular weight is 261 g/mol. The molecule has 2 heterocycles. The van der Waals surface area contributed by atoms with Gasteiger partial charge in [-0.1, -0.05) is 13.8 Å². The van der Waals surface area contributed by atoms with Gasteiger partial charge in [0.15, 0.2) is 0 Å². The van der Waals surface area contributed by atoms with E-state index < -0.39 is 0 Å². The molecular formula is C15H23N3O. The summed E-state index contributed by atoms with van der Waals surface area (Å²) in [6.07, 6.45) is 8.75. The molecule has 0 aromatic carbocycles. The standard InChI is InChI=1S/C15H23N3O/c1-3-10-18-11-9-17-15(18)14(16-4-2)8-7-13-6-5-12-19-13/h5-6,9,11-12,14,16H,3-4,7-8,10H2,1-2H3. The van der Waals surface area contributed by atoms with Crippen LogP contribution < -0.4 is 5.32 Å². The molecule has 0 amide bonds. The van der Waals surface area contributed by atoms with Crippen LogP contribution >= 0.6 is 0 Å². The van der Waals surface area contributed by atoms with E-state index in [2.05, 4.69) is 34.9 Å². The highest BCUT2D eigenvalue weighted by Crippen LogP contribution is 2.18. The van der Waals surface area contributed by atoms with Gasteiger partial charge < -0.3 is 14.3 Å². The molecule has 0 saturated heterocycles. The van der Waals surface area contributed by atoms with Crippen LogP contribution in [0.5, 0.6) is 0 Å². The number of aryl methyl sites for hydroxylation is 2. The number of nitrogens with one attached hydrogen (secondary N) is 1. The minimum atomic E-state index is 0.289. The summed E-state index contributed by atoms with van der Waals surface area (Å²) < 4.78 is 7.65. The Balaban J connectivity index is 2.03. The van der Waals surface area contributed by atoms with E-state index in [1.807, 2.05) is 18.3 Å². The van der Waals surface area contributed by atoms with Crippen molar-refractivity contribution in [1.29, 1.82) is 0 Å². The van der Waals surface area contributed by atoms with Crippen LogP contribution in [0.2, 0.25) is 0 Å². The van der Waals surface area contributed by atoms with E-state index in [9.17, 15) is 0 Å². The predicted octanol–water partition coefficient (Wildman–Crippen LogP) is 3.17. The fraction of sp³-hybridized carbons (Fsp3) is 0.533.